The van der Waals surface area contributed by atoms with Gasteiger partial charge in [0.25, 0.3) is 0 Å². The van der Waals surface area contributed by atoms with E-state index in [1.807, 2.05) is 13.8 Å². The zero-order valence-corrected chi connectivity index (χ0v) is 10.3. The molecule has 0 aliphatic carbocycles. The van der Waals surface area contributed by atoms with E-state index in [-0.39, 0.29) is 18.6 Å². The first-order valence-electron chi connectivity index (χ1n) is 6.19. The molecule has 2 N–H and O–H groups in total. The number of hydrogen-bond acceptors (Lipinski definition) is 3. The minimum absolute atomic E-state index is 0.00271. The molecule has 1 unspecified atom stereocenters. The molecule has 1 atom stereocenters. The number of carbonyl (C=O) groups excluding carboxylic acids is 1. The van der Waals surface area contributed by atoms with Crippen molar-refractivity contribution >= 4 is 5.91 Å². The van der Waals surface area contributed by atoms with Crippen LogP contribution in [0, 0.1) is 0 Å². The van der Waals surface area contributed by atoms with E-state index in [1.165, 1.54) is 0 Å². The van der Waals surface area contributed by atoms with Gasteiger partial charge >= 0.3 is 0 Å². The van der Waals surface area contributed by atoms with Crippen LogP contribution in [0.3, 0.4) is 0 Å². The molecule has 16 heavy (non-hydrogen) atoms. The molecular formula is C12H23NO3. The Morgan fingerprint density at radius 2 is 2.19 bits per heavy atom. The Kier molecular flexibility index (Phi) is 5.22. The topological polar surface area (TPSA) is 58.6 Å². The molecule has 94 valence electrons. The van der Waals surface area contributed by atoms with Crippen LogP contribution < -0.4 is 5.32 Å². The summed E-state index contributed by atoms with van der Waals surface area (Å²) in [6, 6.07) is 0. The Morgan fingerprint density at radius 3 is 2.62 bits per heavy atom. The third-order valence-corrected chi connectivity index (χ3v) is 3.50. The van der Waals surface area contributed by atoms with Crippen molar-refractivity contribution in [1.82, 2.24) is 5.32 Å². The summed E-state index contributed by atoms with van der Waals surface area (Å²) in [4.78, 5) is 11.8. The van der Waals surface area contributed by atoms with Crippen LogP contribution in [0.1, 0.15) is 46.0 Å². The molecule has 1 rings (SSSR count). The van der Waals surface area contributed by atoms with Gasteiger partial charge in [-0.25, -0.2) is 0 Å². The Balaban J connectivity index is 2.41. The van der Waals surface area contributed by atoms with Crippen LogP contribution in [-0.2, 0) is 9.53 Å². The fourth-order valence-electron chi connectivity index (χ4n) is 2.05. The standard InChI is InChI=1S/C12H23NO3/c1-3-12(4-2,9-14)13-11(15)8-10-6-5-7-16-10/h10,14H,3-9H2,1-2H3,(H,13,15). The van der Waals surface area contributed by atoms with E-state index in [0.717, 1.165) is 32.3 Å². The highest BCUT2D eigenvalue weighted by Gasteiger charge is 2.28. The van der Waals surface area contributed by atoms with Gasteiger partial charge in [-0.05, 0) is 25.7 Å². The minimum atomic E-state index is -0.449. The first-order valence-corrected chi connectivity index (χ1v) is 6.19. The Morgan fingerprint density at radius 1 is 1.50 bits per heavy atom. The van der Waals surface area contributed by atoms with Crippen LogP contribution >= 0.6 is 0 Å². The fourth-order valence-corrected chi connectivity index (χ4v) is 2.05. The van der Waals surface area contributed by atoms with E-state index in [2.05, 4.69) is 5.32 Å². The van der Waals surface area contributed by atoms with Crippen molar-refractivity contribution in [2.75, 3.05) is 13.2 Å². The Labute approximate surface area is 97.4 Å². The van der Waals surface area contributed by atoms with Crippen LogP contribution in [0.2, 0.25) is 0 Å². The van der Waals surface area contributed by atoms with Crippen LogP contribution in [0.5, 0.6) is 0 Å². The molecule has 1 aliphatic rings. The Hall–Kier alpha value is -0.610. The van der Waals surface area contributed by atoms with Crippen LogP contribution in [0.4, 0.5) is 0 Å². The van der Waals surface area contributed by atoms with E-state index >= 15 is 0 Å². The molecule has 4 nitrogen and oxygen atoms in total. The lowest BCUT2D eigenvalue weighted by atomic mass is 9.93. The second kappa shape index (κ2) is 6.21. The lowest BCUT2D eigenvalue weighted by Gasteiger charge is -2.31. The fraction of sp³-hybridized carbons (Fsp3) is 0.917. The second-order valence-corrected chi connectivity index (χ2v) is 4.53. The summed E-state index contributed by atoms with van der Waals surface area (Å²) >= 11 is 0. The number of amides is 1. The average Bonchev–Trinajstić information content (AvgIpc) is 2.79. The smallest absolute Gasteiger partial charge is 0.223 e. The predicted molar refractivity (Wildman–Crippen MR) is 62.1 cm³/mol. The number of carbonyl (C=O) groups is 1. The zero-order chi connectivity index (χ0) is 12.0. The van der Waals surface area contributed by atoms with Crippen molar-refractivity contribution in [3.8, 4) is 0 Å². The van der Waals surface area contributed by atoms with Crippen LogP contribution in [0.25, 0.3) is 0 Å². The molecule has 1 heterocycles. The number of aliphatic hydroxyl groups is 1. The van der Waals surface area contributed by atoms with Gasteiger partial charge in [0.2, 0.25) is 5.91 Å². The maximum Gasteiger partial charge on any atom is 0.223 e. The summed E-state index contributed by atoms with van der Waals surface area (Å²) in [5.41, 5.74) is -0.449. The van der Waals surface area contributed by atoms with Crippen molar-refractivity contribution in [3.05, 3.63) is 0 Å². The quantitative estimate of drug-likeness (QED) is 0.720. The van der Waals surface area contributed by atoms with Gasteiger partial charge < -0.3 is 15.2 Å². The summed E-state index contributed by atoms with van der Waals surface area (Å²) in [6.45, 7) is 4.72. The van der Waals surface area contributed by atoms with Crippen molar-refractivity contribution in [1.29, 1.82) is 0 Å². The molecule has 0 aromatic heterocycles. The lowest BCUT2D eigenvalue weighted by Crippen LogP contribution is -2.51. The van der Waals surface area contributed by atoms with Crippen molar-refractivity contribution in [2.45, 2.75) is 57.6 Å². The summed E-state index contributed by atoms with van der Waals surface area (Å²) in [6.07, 6.45) is 4.00. The predicted octanol–water partition coefficient (Wildman–Crippen LogP) is 1.22. The number of aliphatic hydroxyl groups excluding tert-OH is 1. The summed E-state index contributed by atoms with van der Waals surface area (Å²) in [7, 11) is 0. The summed E-state index contributed by atoms with van der Waals surface area (Å²) in [5, 5.41) is 12.3. The molecule has 0 aromatic carbocycles. The molecule has 1 amide bonds. The van der Waals surface area contributed by atoms with Crippen molar-refractivity contribution in [3.63, 3.8) is 0 Å². The van der Waals surface area contributed by atoms with Gasteiger partial charge in [0, 0.05) is 6.61 Å². The molecule has 0 aromatic rings. The van der Waals surface area contributed by atoms with Gasteiger partial charge in [-0.3, -0.25) is 4.79 Å². The van der Waals surface area contributed by atoms with E-state index in [4.69, 9.17) is 4.74 Å². The van der Waals surface area contributed by atoms with Gasteiger partial charge in [-0.15, -0.1) is 0 Å². The molecule has 4 heteroatoms. The number of rotatable bonds is 6. The maximum atomic E-state index is 11.8. The average molecular weight is 229 g/mol. The van der Waals surface area contributed by atoms with Crippen molar-refractivity contribution < 1.29 is 14.6 Å². The molecule has 0 bridgehead atoms. The molecule has 1 aliphatic heterocycles. The molecule has 0 radical (unpaired) electrons. The molecular weight excluding hydrogens is 206 g/mol. The SMILES string of the molecule is CCC(CC)(CO)NC(=O)CC1CCCO1. The van der Waals surface area contributed by atoms with Gasteiger partial charge in [-0.2, -0.15) is 0 Å². The third-order valence-electron chi connectivity index (χ3n) is 3.50. The molecule has 0 saturated carbocycles. The van der Waals surface area contributed by atoms with Crippen LogP contribution in [0.15, 0.2) is 0 Å². The van der Waals surface area contributed by atoms with Gasteiger partial charge in [0.05, 0.1) is 24.7 Å². The normalized spacial score (nSPS) is 21.1. The molecule has 0 spiro atoms. The second-order valence-electron chi connectivity index (χ2n) is 4.53. The molecule has 1 saturated heterocycles. The van der Waals surface area contributed by atoms with Crippen LogP contribution in [-0.4, -0.2) is 35.9 Å². The first-order chi connectivity index (χ1) is 7.65. The zero-order valence-electron chi connectivity index (χ0n) is 10.3. The lowest BCUT2D eigenvalue weighted by molar-refractivity contribution is -0.126. The molecule has 1 fully saturated rings. The third kappa shape index (κ3) is 3.46. The number of hydrogen-bond donors (Lipinski definition) is 2. The summed E-state index contributed by atoms with van der Waals surface area (Å²) < 4.78 is 5.42. The number of ether oxygens (including phenoxy) is 1. The Bertz CT molecular complexity index is 212. The monoisotopic (exact) mass is 229 g/mol. The van der Waals surface area contributed by atoms with E-state index in [0.29, 0.717) is 6.42 Å². The van der Waals surface area contributed by atoms with Gasteiger partial charge in [0.1, 0.15) is 0 Å². The summed E-state index contributed by atoms with van der Waals surface area (Å²) in [5.74, 6) is -0.00958. The van der Waals surface area contributed by atoms with E-state index in [9.17, 15) is 9.90 Å². The number of nitrogens with one attached hydrogen (secondary N) is 1. The van der Waals surface area contributed by atoms with Crippen molar-refractivity contribution in [2.24, 2.45) is 0 Å². The first kappa shape index (κ1) is 13.5. The minimum Gasteiger partial charge on any atom is -0.394 e. The van der Waals surface area contributed by atoms with E-state index in [1.54, 1.807) is 0 Å². The highest BCUT2D eigenvalue weighted by Crippen LogP contribution is 2.18. The highest BCUT2D eigenvalue weighted by atomic mass is 16.5. The largest absolute Gasteiger partial charge is 0.394 e. The van der Waals surface area contributed by atoms with Gasteiger partial charge in [-0.1, -0.05) is 13.8 Å². The van der Waals surface area contributed by atoms with Gasteiger partial charge in [0.15, 0.2) is 0 Å². The maximum absolute atomic E-state index is 11.8. The highest BCUT2D eigenvalue weighted by molar-refractivity contribution is 5.77. The van der Waals surface area contributed by atoms with E-state index < -0.39 is 5.54 Å².